The van der Waals surface area contributed by atoms with Gasteiger partial charge in [0.1, 0.15) is 5.82 Å². The van der Waals surface area contributed by atoms with E-state index in [-0.39, 0.29) is 3.57 Å². The lowest BCUT2D eigenvalue weighted by atomic mass is 10.3. The van der Waals surface area contributed by atoms with Crippen LogP contribution in [0.1, 0.15) is 0 Å². The van der Waals surface area contributed by atoms with E-state index >= 15 is 0 Å². The van der Waals surface area contributed by atoms with Gasteiger partial charge in [-0.05, 0) is 12.1 Å². The zero-order valence-corrected chi connectivity index (χ0v) is 11.1. The van der Waals surface area contributed by atoms with Gasteiger partial charge in [-0.15, -0.1) is 0 Å². The van der Waals surface area contributed by atoms with Crippen molar-refractivity contribution in [3.8, 4) is 0 Å². The number of benzene rings is 2. The summed E-state index contributed by atoms with van der Waals surface area (Å²) in [7, 11) is 0. The quantitative estimate of drug-likeness (QED) is 0.307. The molecule has 0 nitrogen and oxygen atoms in total. The Hall–Kier alpha value is -1.25. The van der Waals surface area contributed by atoms with E-state index in [2.05, 4.69) is 0 Å². The first-order chi connectivity index (χ1) is 8.91. The first kappa shape index (κ1) is 14.2. The highest BCUT2D eigenvalue weighted by atomic mass is 127. The normalized spacial score (nSPS) is 10.8. The minimum absolute atomic E-state index is 0.210. The molecule has 0 heterocycles. The van der Waals surface area contributed by atoms with Crippen LogP contribution in [0, 0.1) is 42.0 Å². The Morgan fingerprint density at radius 3 is 1.74 bits per heavy atom. The minimum Gasteiger partial charge on any atom is -0.207 e. The maximum Gasteiger partial charge on any atom is 0.364 e. The fourth-order valence-electron chi connectivity index (χ4n) is 1.29. The lowest BCUT2D eigenvalue weighted by Crippen LogP contribution is -3.62. The van der Waals surface area contributed by atoms with E-state index in [0.717, 1.165) is 12.1 Å². The molecule has 0 fully saturated rings. The van der Waals surface area contributed by atoms with Crippen molar-refractivity contribution >= 4 is 0 Å². The predicted octanol–water partition coefficient (Wildman–Crippen LogP) is 0.650. The third kappa shape index (κ3) is 2.70. The van der Waals surface area contributed by atoms with Crippen LogP contribution in [0.3, 0.4) is 0 Å². The average Bonchev–Trinajstić information content (AvgIpc) is 2.39. The molecule has 0 unspecified atom stereocenters. The van der Waals surface area contributed by atoms with E-state index in [4.69, 9.17) is 0 Å². The monoisotopic (exact) mass is 389 g/mol. The molecule has 0 atom stereocenters. The molecule has 2 rings (SSSR count). The van der Waals surface area contributed by atoms with Crippen molar-refractivity contribution in [2.24, 2.45) is 0 Å². The van der Waals surface area contributed by atoms with Gasteiger partial charge >= 0.3 is 21.2 Å². The Morgan fingerprint density at radius 2 is 1.21 bits per heavy atom. The second kappa shape index (κ2) is 5.40. The number of hydrogen-bond donors (Lipinski definition) is 0. The molecule has 7 heteroatoms. The van der Waals surface area contributed by atoms with Crippen molar-refractivity contribution in [2.45, 2.75) is 0 Å². The molecule has 0 amide bonds. The molecule has 0 saturated heterocycles. The molecule has 2 aromatic carbocycles. The van der Waals surface area contributed by atoms with Gasteiger partial charge in [0, 0.05) is 6.07 Å². The van der Waals surface area contributed by atoms with Gasteiger partial charge in [-0.25, -0.2) is 17.6 Å². The summed E-state index contributed by atoms with van der Waals surface area (Å²) in [6, 6.07) is 4.79. The summed E-state index contributed by atoms with van der Waals surface area (Å²) in [6.07, 6.45) is 0. The summed E-state index contributed by atoms with van der Waals surface area (Å²) in [6.45, 7) is 0. The molecule has 19 heavy (non-hydrogen) atoms. The molecular formula is C12H4F6I+. The molecule has 0 N–H and O–H groups in total. The average molecular weight is 389 g/mol. The van der Waals surface area contributed by atoms with Crippen LogP contribution in [0.5, 0.6) is 0 Å². The standard InChI is InChI=1S/C12H4F6I/c13-5-2-1-3-6(4-5)19-12-10(17)8(15)7(14)9(16)11(12)18/h1-4H/q+1. The minimum atomic E-state index is -2.19. The lowest BCUT2D eigenvalue weighted by Gasteiger charge is -1.99. The second-order valence-electron chi connectivity index (χ2n) is 3.42. The Bertz CT molecular complexity index is 611. The van der Waals surface area contributed by atoms with Gasteiger partial charge < -0.3 is 0 Å². The molecule has 100 valence electrons. The molecule has 2 aromatic rings. The van der Waals surface area contributed by atoms with Gasteiger partial charge in [0.05, 0.1) is 0 Å². The van der Waals surface area contributed by atoms with Crippen LogP contribution in [0.15, 0.2) is 24.3 Å². The molecule has 0 bridgehead atoms. The first-order valence-electron chi connectivity index (χ1n) is 4.83. The SMILES string of the molecule is Fc1cccc([I+]c2c(F)c(F)c(F)c(F)c2F)c1. The molecular weight excluding hydrogens is 385 g/mol. The summed E-state index contributed by atoms with van der Waals surface area (Å²) in [5.41, 5.74) is 0. The fraction of sp³-hybridized carbons (Fsp3) is 0. The summed E-state index contributed by atoms with van der Waals surface area (Å²) in [5.74, 6) is -10.5. The molecule has 0 aliphatic carbocycles. The van der Waals surface area contributed by atoms with Crippen molar-refractivity contribution < 1.29 is 47.5 Å². The van der Waals surface area contributed by atoms with Gasteiger partial charge in [-0.3, -0.25) is 0 Å². The Labute approximate surface area is 114 Å². The van der Waals surface area contributed by atoms with Crippen molar-refractivity contribution in [3.05, 3.63) is 66.3 Å². The van der Waals surface area contributed by atoms with Crippen molar-refractivity contribution in [2.75, 3.05) is 0 Å². The van der Waals surface area contributed by atoms with E-state index in [1.807, 2.05) is 0 Å². The van der Waals surface area contributed by atoms with Gasteiger partial charge in [0.25, 0.3) is 3.57 Å². The fourth-order valence-corrected chi connectivity index (χ4v) is 3.70. The lowest BCUT2D eigenvalue weighted by molar-refractivity contribution is -0.604. The maximum atomic E-state index is 13.4. The largest absolute Gasteiger partial charge is 0.364 e. The van der Waals surface area contributed by atoms with Crippen LogP contribution in [-0.4, -0.2) is 0 Å². The first-order valence-corrected chi connectivity index (χ1v) is 6.99. The third-order valence-corrected chi connectivity index (χ3v) is 4.93. The summed E-state index contributed by atoms with van der Waals surface area (Å²) < 4.78 is 77.8. The van der Waals surface area contributed by atoms with Crippen LogP contribution in [0.2, 0.25) is 0 Å². The summed E-state index contributed by atoms with van der Waals surface area (Å²) in [5, 5.41) is 0. The Balaban J connectivity index is 2.52. The van der Waals surface area contributed by atoms with Crippen LogP contribution in [0.25, 0.3) is 0 Å². The second-order valence-corrected chi connectivity index (χ2v) is 6.28. The summed E-state index contributed by atoms with van der Waals surface area (Å²) in [4.78, 5) is 0. The highest BCUT2D eigenvalue weighted by Gasteiger charge is 2.35. The Kier molecular flexibility index (Phi) is 4.02. The van der Waals surface area contributed by atoms with Crippen LogP contribution in [0.4, 0.5) is 26.3 Å². The van der Waals surface area contributed by atoms with E-state index < -0.39 is 59.7 Å². The smallest absolute Gasteiger partial charge is 0.207 e. The molecule has 0 spiro atoms. The third-order valence-electron chi connectivity index (χ3n) is 2.15. The van der Waals surface area contributed by atoms with Gasteiger partial charge in [0.2, 0.25) is 29.1 Å². The topological polar surface area (TPSA) is 0 Å². The zero-order chi connectivity index (χ0) is 14.2. The van der Waals surface area contributed by atoms with Crippen LogP contribution >= 0.6 is 0 Å². The highest BCUT2D eigenvalue weighted by molar-refractivity contribution is 5.13. The van der Waals surface area contributed by atoms with Crippen LogP contribution in [-0.2, 0) is 0 Å². The van der Waals surface area contributed by atoms with Gasteiger partial charge in [0.15, 0.2) is 3.57 Å². The van der Waals surface area contributed by atoms with Crippen molar-refractivity contribution in [1.82, 2.24) is 0 Å². The molecule has 0 aromatic heterocycles. The number of hydrogen-bond acceptors (Lipinski definition) is 0. The number of rotatable bonds is 2. The molecule has 0 radical (unpaired) electrons. The Morgan fingerprint density at radius 1 is 0.684 bits per heavy atom. The highest BCUT2D eigenvalue weighted by Crippen LogP contribution is 2.17. The molecule has 0 aliphatic heterocycles. The van der Waals surface area contributed by atoms with Crippen LogP contribution < -0.4 is 21.2 Å². The van der Waals surface area contributed by atoms with Gasteiger partial charge in [-0.1, -0.05) is 6.07 Å². The predicted molar refractivity (Wildman–Crippen MR) is 50.0 cm³/mol. The maximum absolute atomic E-state index is 13.4. The molecule has 0 saturated carbocycles. The van der Waals surface area contributed by atoms with E-state index in [1.165, 1.54) is 12.1 Å². The van der Waals surface area contributed by atoms with E-state index in [1.54, 1.807) is 0 Å². The van der Waals surface area contributed by atoms with Gasteiger partial charge in [-0.2, -0.15) is 8.78 Å². The van der Waals surface area contributed by atoms with E-state index in [9.17, 15) is 26.3 Å². The summed E-state index contributed by atoms with van der Waals surface area (Å²) >= 11 is -1.71. The van der Waals surface area contributed by atoms with E-state index in [0.29, 0.717) is 0 Å². The zero-order valence-electron chi connectivity index (χ0n) is 8.96. The van der Waals surface area contributed by atoms with Crippen molar-refractivity contribution in [3.63, 3.8) is 0 Å². The molecule has 0 aliphatic rings. The number of halogens is 7. The van der Waals surface area contributed by atoms with Crippen molar-refractivity contribution in [1.29, 1.82) is 0 Å².